The van der Waals surface area contributed by atoms with Crippen molar-refractivity contribution in [1.82, 2.24) is 0 Å². The monoisotopic (exact) mass is 145 g/mol. The normalized spacial score (nSPS) is 12.7. The molecule has 0 atom stereocenters. The lowest BCUT2D eigenvalue weighted by molar-refractivity contribution is 0.839. The standard InChI is InChI=1S/C8H7N3/c9-11-10-8-4-3-6-1-2-7(6)5-8/h3-5H,1-2H2. The molecular formula is C8H7N3. The van der Waals surface area contributed by atoms with Gasteiger partial charge in [-0.1, -0.05) is 17.2 Å². The van der Waals surface area contributed by atoms with Gasteiger partial charge in [0.2, 0.25) is 0 Å². The summed E-state index contributed by atoms with van der Waals surface area (Å²) in [7, 11) is 0. The molecule has 0 bridgehead atoms. The first-order valence-electron chi connectivity index (χ1n) is 3.57. The molecule has 1 aromatic carbocycles. The van der Waals surface area contributed by atoms with Gasteiger partial charge in [0.05, 0.1) is 0 Å². The number of fused-ring (bicyclic) bond motifs is 1. The van der Waals surface area contributed by atoms with Gasteiger partial charge in [0.1, 0.15) is 0 Å². The molecule has 0 N–H and O–H groups in total. The number of hydrogen-bond acceptors (Lipinski definition) is 1. The van der Waals surface area contributed by atoms with Gasteiger partial charge in [-0.2, -0.15) is 0 Å². The van der Waals surface area contributed by atoms with E-state index in [0.29, 0.717) is 0 Å². The van der Waals surface area contributed by atoms with Gasteiger partial charge < -0.3 is 0 Å². The third-order valence-corrected chi connectivity index (χ3v) is 2.01. The van der Waals surface area contributed by atoms with E-state index in [-0.39, 0.29) is 0 Å². The van der Waals surface area contributed by atoms with E-state index in [0.717, 1.165) is 12.1 Å². The summed E-state index contributed by atoms with van der Waals surface area (Å²) in [5.41, 5.74) is 11.6. The van der Waals surface area contributed by atoms with Crippen molar-refractivity contribution in [2.75, 3.05) is 0 Å². The lowest BCUT2D eigenvalue weighted by Gasteiger charge is -2.17. The van der Waals surface area contributed by atoms with E-state index < -0.39 is 0 Å². The Morgan fingerprint density at radius 3 is 2.64 bits per heavy atom. The van der Waals surface area contributed by atoms with Crippen molar-refractivity contribution in [2.45, 2.75) is 12.8 Å². The first kappa shape index (κ1) is 6.25. The summed E-state index contributed by atoms with van der Waals surface area (Å²) in [5, 5.41) is 3.52. The zero-order valence-corrected chi connectivity index (χ0v) is 5.99. The van der Waals surface area contributed by atoms with Crippen LogP contribution in [0.5, 0.6) is 0 Å². The second-order valence-corrected chi connectivity index (χ2v) is 2.64. The van der Waals surface area contributed by atoms with Gasteiger partial charge >= 0.3 is 0 Å². The minimum absolute atomic E-state index is 0.728. The molecule has 54 valence electrons. The van der Waals surface area contributed by atoms with Crippen LogP contribution in [0.4, 0.5) is 5.69 Å². The van der Waals surface area contributed by atoms with Crippen molar-refractivity contribution in [3.05, 3.63) is 39.8 Å². The number of benzene rings is 1. The Labute approximate surface area is 64.3 Å². The van der Waals surface area contributed by atoms with Crippen molar-refractivity contribution >= 4 is 5.69 Å². The number of nitrogens with zero attached hydrogens (tertiary/aromatic N) is 3. The molecule has 0 fully saturated rings. The topological polar surface area (TPSA) is 48.8 Å². The van der Waals surface area contributed by atoms with Crippen molar-refractivity contribution in [3.8, 4) is 0 Å². The van der Waals surface area contributed by atoms with Crippen molar-refractivity contribution in [1.29, 1.82) is 0 Å². The number of azide groups is 1. The minimum atomic E-state index is 0.728. The summed E-state index contributed by atoms with van der Waals surface area (Å²) in [4.78, 5) is 2.73. The zero-order valence-electron chi connectivity index (χ0n) is 5.99. The van der Waals surface area contributed by atoms with Gasteiger partial charge in [-0.25, -0.2) is 0 Å². The van der Waals surface area contributed by atoms with Crippen LogP contribution >= 0.6 is 0 Å². The van der Waals surface area contributed by atoms with E-state index in [1.165, 1.54) is 17.5 Å². The van der Waals surface area contributed by atoms with Crippen LogP contribution in [-0.2, 0) is 12.8 Å². The van der Waals surface area contributed by atoms with Gasteiger partial charge in [-0.3, -0.25) is 0 Å². The molecule has 0 unspecified atom stereocenters. The highest BCUT2D eigenvalue weighted by molar-refractivity contribution is 5.47. The molecule has 0 aliphatic heterocycles. The molecule has 3 nitrogen and oxygen atoms in total. The van der Waals surface area contributed by atoms with Crippen molar-refractivity contribution < 1.29 is 0 Å². The summed E-state index contributed by atoms with van der Waals surface area (Å²) in [6.45, 7) is 0. The summed E-state index contributed by atoms with van der Waals surface area (Å²) < 4.78 is 0. The maximum atomic E-state index is 8.16. The van der Waals surface area contributed by atoms with Crippen LogP contribution in [0.2, 0.25) is 0 Å². The smallest absolute Gasteiger partial charge is 0.0378 e. The fourth-order valence-corrected chi connectivity index (χ4v) is 1.30. The number of aryl methyl sites for hydroxylation is 2. The van der Waals surface area contributed by atoms with Crippen LogP contribution in [0.1, 0.15) is 11.1 Å². The first-order valence-corrected chi connectivity index (χ1v) is 3.57. The second-order valence-electron chi connectivity index (χ2n) is 2.64. The van der Waals surface area contributed by atoms with Crippen LogP contribution < -0.4 is 0 Å². The van der Waals surface area contributed by atoms with Crippen LogP contribution in [-0.4, -0.2) is 0 Å². The maximum absolute atomic E-state index is 8.16. The molecule has 1 aliphatic carbocycles. The third-order valence-electron chi connectivity index (χ3n) is 2.01. The molecular weight excluding hydrogens is 138 g/mol. The van der Waals surface area contributed by atoms with Crippen molar-refractivity contribution in [3.63, 3.8) is 0 Å². The summed E-state index contributed by atoms with van der Waals surface area (Å²) in [6.07, 6.45) is 2.30. The average Bonchev–Trinajstić information content (AvgIpc) is 1.96. The summed E-state index contributed by atoms with van der Waals surface area (Å²) in [5.74, 6) is 0. The van der Waals surface area contributed by atoms with E-state index in [1.54, 1.807) is 0 Å². The molecule has 0 radical (unpaired) electrons. The first-order chi connectivity index (χ1) is 5.40. The quantitative estimate of drug-likeness (QED) is 0.331. The van der Waals surface area contributed by atoms with E-state index in [9.17, 15) is 0 Å². The van der Waals surface area contributed by atoms with Crippen LogP contribution in [0.25, 0.3) is 10.4 Å². The Morgan fingerprint density at radius 2 is 2.09 bits per heavy atom. The minimum Gasteiger partial charge on any atom is -0.0608 e. The van der Waals surface area contributed by atoms with Crippen LogP contribution in [0.3, 0.4) is 0 Å². The molecule has 2 rings (SSSR count). The van der Waals surface area contributed by atoms with Gasteiger partial charge in [0.15, 0.2) is 0 Å². The molecule has 0 heterocycles. The Bertz CT molecular complexity index is 337. The molecule has 11 heavy (non-hydrogen) atoms. The maximum Gasteiger partial charge on any atom is 0.0378 e. The van der Waals surface area contributed by atoms with E-state index >= 15 is 0 Å². The Hall–Kier alpha value is -1.47. The fraction of sp³-hybridized carbons (Fsp3) is 0.250. The molecule has 1 aromatic rings. The Kier molecular flexibility index (Phi) is 1.30. The lowest BCUT2D eigenvalue weighted by Crippen LogP contribution is -2.06. The molecule has 0 aromatic heterocycles. The van der Waals surface area contributed by atoms with Gasteiger partial charge in [0.25, 0.3) is 0 Å². The molecule has 0 saturated carbocycles. The highest BCUT2D eigenvalue weighted by Gasteiger charge is 2.11. The molecule has 0 spiro atoms. The van der Waals surface area contributed by atoms with Crippen molar-refractivity contribution in [2.24, 2.45) is 5.11 Å². The van der Waals surface area contributed by atoms with E-state index in [1.807, 2.05) is 18.2 Å². The van der Waals surface area contributed by atoms with Crippen LogP contribution in [0.15, 0.2) is 23.3 Å². The highest BCUT2D eigenvalue weighted by Crippen LogP contribution is 2.26. The van der Waals surface area contributed by atoms with Gasteiger partial charge in [-0.05, 0) is 35.6 Å². The highest BCUT2D eigenvalue weighted by atomic mass is 15.1. The SMILES string of the molecule is [N-]=[N+]=Nc1ccc2c(c1)CC2. The van der Waals surface area contributed by atoms with E-state index in [2.05, 4.69) is 10.0 Å². The summed E-state index contributed by atoms with van der Waals surface area (Å²) in [6, 6.07) is 5.85. The molecule has 0 saturated heterocycles. The molecule has 1 aliphatic rings. The molecule has 0 amide bonds. The number of hydrogen-bond donors (Lipinski definition) is 0. The fourth-order valence-electron chi connectivity index (χ4n) is 1.30. The largest absolute Gasteiger partial charge is 0.0608 e. The predicted molar refractivity (Wildman–Crippen MR) is 42.7 cm³/mol. The van der Waals surface area contributed by atoms with Gasteiger partial charge in [0, 0.05) is 10.6 Å². The number of rotatable bonds is 1. The van der Waals surface area contributed by atoms with Crippen LogP contribution in [0, 0.1) is 0 Å². The van der Waals surface area contributed by atoms with Gasteiger partial charge in [-0.15, -0.1) is 0 Å². The average molecular weight is 145 g/mol. The third kappa shape index (κ3) is 0.954. The van der Waals surface area contributed by atoms with E-state index in [4.69, 9.17) is 5.53 Å². The summed E-state index contributed by atoms with van der Waals surface area (Å²) >= 11 is 0. The zero-order chi connectivity index (χ0) is 7.68. The Balaban J connectivity index is 2.45. The predicted octanol–water partition coefficient (Wildman–Crippen LogP) is 2.73. The molecule has 3 heteroatoms. The second kappa shape index (κ2) is 2.29. The lowest BCUT2D eigenvalue weighted by atomic mass is 9.88. The Morgan fingerprint density at radius 1 is 1.27 bits per heavy atom.